The van der Waals surface area contributed by atoms with Gasteiger partial charge >= 0.3 is 0 Å². The van der Waals surface area contributed by atoms with Gasteiger partial charge in [0.2, 0.25) is 0 Å². The largest absolute Gasteiger partial charge is 0.303 e. The van der Waals surface area contributed by atoms with Crippen molar-refractivity contribution in [2.45, 2.75) is 44.9 Å². The first-order valence-corrected chi connectivity index (χ1v) is 8.21. The van der Waals surface area contributed by atoms with Crippen LogP contribution in [0.5, 0.6) is 0 Å². The number of hydrogen-bond acceptors (Lipinski definition) is 2. The normalized spacial score (nSPS) is 23.8. The van der Waals surface area contributed by atoms with Crippen LogP contribution in [0, 0.1) is 5.92 Å². The van der Waals surface area contributed by atoms with E-state index in [9.17, 15) is 4.79 Å². The van der Waals surface area contributed by atoms with Crippen molar-refractivity contribution in [3.63, 3.8) is 0 Å². The Morgan fingerprint density at radius 3 is 2.64 bits per heavy atom. The van der Waals surface area contributed by atoms with Crippen molar-refractivity contribution in [1.82, 2.24) is 4.98 Å². The highest BCUT2D eigenvalue weighted by atomic mass is 16.1. The Kier molecular flexibility index (Phi) is 4.37. The maximum Gasteiger partial charge on any atom is 0.127 e. The van der Waals surface area contributed by atoms with E-state index in [4.69, 9.17) is 4.98 Å². The van der Waals surface area contributed by atoms with Crippen molar-refractivity contribution in [3.05, 3.63) is 65.0 Å². The highest BCUT2D eigenvalue weighted by molar-refractivity contribution is 5.64. The van der Waals surface area contributed by atoms with Crippen molar-refractivity contribution in [2.75, 3.05) is 0 Å². The average molecular weight is 293 g/mol. The molecule has 2 nitrogen and oxygen atoms in total. The number of carbonyl (C=O) groups is 1. The standard InChI is InChI=1S/C20H23NO/c1-3-16-11-14(2)19(13-22)18-10-9-17(21-20(16)18)12-15-7-5-4-6-8-15/h4-10,13-14,16,19H,3,11-12H2,1-2H3. The van der Waals surface area contributed by atoms with E-state index >= 15 is 0 Å². The summed E-state index contributed by atoms with van der Waals surface area (Å²) in [5, 5.41) is 0. The molecule has 114 valence electrons. The molecule has 0 N–H and O–H groups in total. The zero-order chi connectivity index (χ0) is 15.5. The lowest BCUT2D eigenvalue weighted by atomic mass is 9.73. The van der Waals surface area contributed by atoms with Gasteiger partial charge in [0.25, 0.3) is 0 Å². The van der Waals surface area contributed by atoms with Crippen molar-refractivity contribution in [2.24, 2.45) is 5.92 Å². The van der Waals surface area contributed by atoms with Crippen LogP contribution < -0.4 is 0 Å². The number of rotatable bonds is 4. The van der Waals surface area contributed by atoms with Gasteiger partial charge in [0.1, 0.15) is 6.29 Å². The third kappa shape index (κ3) is 2.83. The van der Waals surface area contributed by atoms with Gasteiger partial charge in [-0.25, -0.2) is 0 Å². The van der Waals surface area contributed by atoms with Crippen molar-refractivity contribution < 1.29 is 4.79 Å². The van der Waals surface area contributed by atoms with E-state index < -0.39 is 0 Å². The summed E-state index contributed by atoms with van der Waals surface area (Å²) >= 11 is 0. The van der Waals surface area contributed by atoms with Crippen molar-refractivity contribution in [1.29, 1.82) is 0 Å². The molecule has 0 bridgehead atoms. The number of benzene rings is 1. The van der Waals surface area contributed by atoms with Crippen LogP contribution >= 0.6 is 0 Å². The van der Waals surface area contributed by atoms with E-state index in [1.165, 1.54) is 5.56 Å². The Hall–Kier alpha value is -1.96. The molecule has 1 aliphatic rings. The quantitative estimate of drug-likeness (QED) is 0.777. The Labute approximate surface area is 132 Å². The van der Waals surface area contributed by atoms with Gasteiger partial charge in [-0.1, -0.05) is 50.2 Å². The number of aromatic nitrogens is 1. The smallest absolute Gasteiger partial charge is 0.127 e. The van der Waals surface area contributed by atoms with Crippen molar-refractivity contribution >= 4 is 6.29 Å². The summed E-state index contributed by atoms with van der Waals surface area (Å²) in [4.78, 5) is 16.4. The van der Waals surface area contributed by atoms with Gasteiger partial charge in [-0.3, -0.25) is 4.98 Å². The van der Waals surface area contributed by atoms with E-state index in [0.717, 1.165) is 42.5 Å². The second-order valence-electron chi connectivity index (χ2n) is 6.42. The summed E-state index contributed by atoms with van der Waals surface area (Å²) in [6, 6.07) is 14.7. The lowest BCUT2D eigenvalue weighted by molar-refractivity contribution is -0.110. The van der Waals surface area contributed by atoms with Gasteiger partial charge in [-0.2, -0.15) is 0 Å². The molecule has 0 aliphatic heterocycles. The topological polar surface area (TPSA) is 30.0 Å². The van der Waals surface area contributed by atoms with E-state index in [-0.39, 0.29) is 5.92 Å². The summed E-state index contributed by atoms with van der Waals surface area (Å²) in [5.74, 6) is 0.907. The number of nitrogens with zero attached hydrogens (tertiary/aromatic N) is 1. The molecule has 3 rings (SSSR count). The number of carbonyl (C=O) groups excluding carboxylic acids is 1. The highest BCUT2D eigenvalue weighted by Crippen LogP contribution is 2.42. The SMILES string of the molecule is CCC1CC(C)C(C=O)c2ccc(Cc3ccccc3)nc21. The van der Waals surface area contributed by atoms with Crippen LogP contribution in [0.4, 0.5) is 0 Å². The molecule has 0 saturated carbocycles. The summed E-state index contributed by atoms with van der Waals surface area (Å²) in [5.41, 5.74) is 4.69. The summed E-state index contributed by atoms with van der Waals surface area (Å²) < 4.78 is 0. The summed E-state index contributed by atoms with van der Waals surface area (Å²) in [6.07, 6.45) is 4.11. The average Bonchev–Trinajstić information content (AvgIpc) is 2.55. The van der Waals surface area contributed by atoms with Gasteiger partial charge in [-0.15, -0.1) is 0 Å². The van der Waals surface area contributed by atoms with Gasteiger partial charge in [0.15, 0.2) is 0 Å². The first-order valence-electron chi connectivity index (χ1n) is 8.21. The maximum absolute atomic E-state index is 11.5. The molecule has 0 saturated heterocycles. The molecule has 1 aromatic heterocycles. The first kappa shape index (κ1) is 15.0. The third-order valence-corrected chi connectivity index (χ3v) is 4.90. The summed E-state index contributed by atoms with van der Waals surface area (Å²) in [7, 11) is 0. The predicted molar refractivity (Wildman–Crippen MR) is 89.1 cm³/mol. The number of pyridine rings is 1. The Balaban J connectivity index is 1.95. The molecule has 22 heavy (non-hydrogen) atoms. The number of fused-ring (bicyclic) bond motifs is 1. The minimum Gasteiger partial charge on any atom is -0.303 e. The third-order valence-electron chi connectivity index (χ3n) is 4.90. The predicted octanol–water partition coefficient (Wildman–Crippen LogP) is 4.49. The van der Waals surface area contributed by atoms with Crippen LogP contribution in [0.2, 0.25) is 0 Å². The second kappa shape index (κ2) is 6.43. The second-order valence-corrected chi connectivity index (χ2v) is 6.42. The fourth-order valence-corrected chi connectivity index (χ4v) is 3.62. The fourth-order valence-electron chi connectivity index (χ4n) is 3.62. The van der Waals surface area contributed by atoms with E-state index in [1.54, 1.807) is 0 Å². The van der Waals surface area contributed by atoms with Crippen LogP contribution in [0.15, 0.2) is 42.5 Å². The molecule has 3 unspecified atom stereocenters. The molecule has 3 atom stereocenters. The molecule has 1 aliphatic carbocycles. The van der Waals surface area contributed by atoms with Crippen LogP contribution in [-0.2, 0) is 11.2 Å². The van der Waals surface area contributed by atoms with E-state index in [0.29, 0.717) is 11.8 Å². The lowest BCUT2D eigenvalue weighted by Crippen LogP contribution is -2.24. The molecular formula is C20H23NO. The van der Waals surface area contributed by atoms with Crippen LogP contribution in [0.25, 0.3) is 0 Å². The van der Waals surface area contributed by atoms with Crippen molar-refractivity contribution in [3.8, 4) is 0 Å². The minimum atomic E-state index is 0.0103. The minimum absolute atomic E-state index is 0.0103. The lowest BCUT2D eigenvalue weighted by Gasteiger charge is -2.32. The molecule has 2 aromatic rings. The Morgan fingerprint density at radius 2 is 1.95 bits per heavy atom. The van der Waals surface area contributed by atoms with E-state index in [1.807, 2.05) is 6.07 Å². The molecule has 2 heteroatoms. The number of hydrogen-bond donors (Lipinski definition) is 0. The molecule has 1 aromatic carbocycles. The molecule has 0 radical (unpaired) electrons. The van der Waals surface area contributed by atoms with Crippen LogP contribution in [0.3, 0.4) is 0 Å². The Morgan fingerprint density at radius 1 is 1.18 bits per heavy atom. The van der Waals surface area contributed by atoms with E-state index in [2.05, 4.69) is 50.2 Å². The van der Waals surface area contributed by atoms with Crippen LogP contribution in [-0.4, -0.2) is 11.3 Å². The van der Waals surface area contributed by atoms with Gasteiger partial charge in [0.05, 0.1) is 0 Å². The first-order chi connectivity index (χ1) is 10.7. The highest BCUT2D eigenvalue weighted by Gasteiger charge is 2.32. The zero-order valence-corrected chi connectivity index (χ0v) is 13.3. The van der Waals surface area contributed by atoms with Gasteiger partial charge in [0, 0.05) is 29.6 Å². The monoisotopic (exact) mass is 293 g/mol. The molecule has 0 fully saturated rings. The van der Waals surface area contributed by atoms with Gasteiger partial charge < -0.3 is 4.79 Å². The van der Waals surface area contributed by atoms with Crippen LogP contribution in [0.1, 0.15) is 61.0 Å². The fraction of sp³-hybridized carbons (Fsp3) is 0.400. The van der Waals surface area contributed by atoms with Gasteiger partial charge in [-0.05, 0) is 36.0 Å². The Bertz CT molecular complexity index is 650. The maximum atomic E-state index is 11.5. The summed E-state index contributed by atoms with van der Waals surface area (Å²) in [6.45, 7) is 4.40. The zero-order valence-electron chi connectivity index (χ0n) is 13.3. The molecule has 0 spiro atoms. The molecular weight excluding hydrogens is 270 g/mol. The molecule has 0 amide bonds. The molecule has 1 heterocycles. The number of aldehydes is 1.